The maximum Gasteiger partial charge on any atom is 0.288 e. The topological polar surface area (TPSA) is 90.1 Å². The van der Waals surface area contributed by atoms with Gasteiger partial charge >= 0.3 is 0 Å². The first kappa shape index (κ1) is 15.3. The molecule has 110 valence electrons. The summed E-state index contributed by atoms with van der Waals surface area (Å²) in [4.78, 5) is 22.0. The molecule has 1 N–H and O–H groups in total. The second kappa shape index (κ2) is 6.55. The Balaban J connectivity index is 1.97. The van der Waals surface area contributed by atoms with Crippen LogP contribution >= 0.6 is 23.2 Å². The molecule has 0 radical (unpaired) electrons. The quantitative estimate of drug-likeness (QED) is 0.674. The number of carbonyl (C=O) groups is 1. The minimum atomic E-state index is -0.634. The number of nitrogens with one attached hydrogen (secondary N) is 1. The van der Waals surface area contributed by atoms with E-state index in [-0.39, 0.29) is 16.3 Å². The van der Waals surface area contributed by atoms with Crippen LogP contribution in [0.1, 0.15) is 10.4 Å². The molecule has 0 aliphatic carbocycles. The lowest BCUT2D eigenvalue weighted by Crippen LogP contribution is -2.27. The zero-order chi connectivity index (χ0) is 15.4. The Bertz CT molecular complexity index is 687. The van der Waals surface area contributed by atoms with Crippen LogP contribution < -0.4 is 5.32 Å². The monoisotopic (exact) mass is 328 g/mol. The van der Waals surface area contributed by atoms with E-state index in [0.717, 1.165) is 6.07 Å². The number of carbonyl (C=O) groups excluding carboxylic acids is 1. The Morgan fingerprint density at radius 3 is 2.81 bits per heavy atom. The number of rotatable bonds is 5. The zero-order valence-corrected chi connectivity index (χ0v) is 12.1. The largest absolute Gasteiger partial charge is 0.350 e. The molecular formula is C12H10Cl2N4O3. The molecule has 0 saturated heterocycles. The van der Waals surface area contributed by atoms with Crippen molar-refractivity contribution in [3.63, 3.8) is 0 Å². The molecule has 7 nitrogen and oxygen atoms in total. The van der Waals surface area contributed by atoms with Crippen LogP contribution in [-0.2, 0) is 6.54 Å². The fourth-order valence-corrected chi connectivity index (χ4v) is 1.98. The molecule has 0 atom stereocenters. The standard InChI is InChI=1S/C12H10Cl2N4O3/c13-9-6-16-17(7-9)4-3-15-12(19)8-1-2-10(14)11(5-8)18(20)21/h1-2,5-7H,3-4H2,(H,15,19). The van der Waals surface area contributed by atoms with Crippen molar-refractivity contribution < 1.29 is 9.72 Å². The number of nitro benzene ring substituents is 1. The smallest absolute Gasteiger partial charge is 0.288 e. The third-order valence-electron chi connectivity index (χ3n) is 2.63. The van der Waals surface area contributed by atoms with Crippen LogP contribution in [0, 0.1) is 10.1 Å². The highest BCUT2D eigenvalue weighted by molar-refractivity contribution is 6.32. The third-order valence-corrected chi connectivity index (χ3v) is 3.15. The summed E-state index contributed by atoms with van der Waals surface area (Å²) in [5.41, 5.74) is -0.132. The number of halogens is 2. The highest BCUT2D eigenvalue weighted by Crippen LogP contribution is 2.24. The van der Waals surface area contributed by atoms with E-state index in [0.29, 0.717) is 18.1 Å². The van der Waals surface area contributed by atoms with Gasteiger partial charge in [0.2, 0.25) is 0 Å². The van der Waals surface area contributed by atoms with Gasteiger partial charge in [-0.2, -0.15) is 5.10 Å². The van der Waals surface area contributed by atoms with Crippen molar-refractivity contribution in [2.75, 3.05) is 6.54 Å². The molecule has 0 spiro atoms. The fraction of sp³-hybridized carbons (Fsp3) is 0.167. The van der Waals surface area contributed by atoms with Crippen molar-refractivity contribution in [2.24, 2.45) is 0 Å². The molecule has 1 amide bonds. The van der Waals surface area contributed by atoms with Crippen LogP contribution in [0.2, 0.25) is 10.0 Å². The summed E-state index contributed by atoms with van der Waals surface area (Å²) >= 11 is 11.4. The summed E-state index contributed by atoms with van der Waals surface area (Å²) in [5, 5.41) is 17.9. The van der Waals surface area contributed by atoms with Gasteiger partial charge in [-0.1, -0.05) is 23.2 Å². The predicted molar refractivity (Wildman–Crippen MR) is 77.7 cm³/mol. The van der Waals surface area contributed by atoms with Gasteiger partial charge in [-0.3, -0.25) is 19.6 Å². The number of hydrogen-bond acceptors (Lipinski definition) is 4. The first-order chi connectivity index (χ1) is 9.97. The van der Waals surface area contributed by atoms with Crippen LogP contribution in [0.25, 0.3) is 0 Å². The molecule has 9 heteroatoms. The maximum absolute atomic E-state index is 11.9. The van der Waals surface area contributed by atoms with E-state index >= 15 is 0 Å². The predicted octanol–water partition coefficient (Wildman–Crippen LogP) is 2.53. The number of nitro groups is 1. The van der Waals surface area contributed by atoms with Gasteiger partial charge in [0.05, 0.1) is 22.7 Å². The molecule has 1 heterocycles. The number of hydrogen-bond donors (Lipinski definition) is 1. The van der Waals surface area contributed by atoms with Crippen molar-refractivity contribution >= 4 is 34.8 Å². The Morgan fingerprint density at radius 2 is 2.19 bits per heavy atom. The lowest BCUT2D eigenvalue weighted by atomic mass is 10.2. The molecule has 2 aromatic rings. The SMILES string of the molecule is O=C(NCCn1cc(Cl)cn1)c1ccc(Cl)c([N+](=O)[O-])c1. The van der Waals surface area contributed by atoms with E-state index in [1.165, 1.54) is 18.3 Å². The fourth-order valence-electron chi connectivity index (χ4n) is 1.64. The van der Waals surface area contributed by atoms with Crippen LogP contribution in [0.4, 0.5) is 5.69 Å². The average molecular weight is 329 g/mol. The van der Waals surface area contributed by atoms with Crippen molar-refractivity contribution in [3.8, 4) is 0 Å². The van der Waals surface area contributed by atoms with E-state index in [4.69, 9.17) is 23.2 Å². The molecule has 2 rings (SSSR count). The molecular weight excluding hydrogens is 319 g/mol. The van der Waals surface area contributed by atoms with Gasteiger partial charge in [-0.25, -0.2) is 0 Å². The zero-order valence-electron chi connectivity index (χ0n) is 10.6. The summed E-state index contributed by atoms with van der Waals surface area (Å²) in [6, 6.07) is 3.89. The van der Waals surface area contributed by atoms with Gasteiger partial charge in [-0.05, 0) is 12.1 Å². The Kier molecular flexibility index (Phi) is 4.77. The Morgan fingerprint density at radius 1 is 1.43 bits per heavy atom. The van der Waals surface area contributed by atoms with E-state index in [1.807, 2.05) is 0 Å². The van der Waals surface area contributed by atoms with Crippen molar-refractivity contribution in [1.82, 2.24) is 15.1 Å². The minimum absolute atomic E-state index is 0.0114. The van der Waals surface area contributed by atoms with Crippen LogP contribution in [0.3, 0.4) is 0 Å². The van der Waals surface area contributed by atoms with Gasteiger partial charge in [0.15, 0.2) is 0 Å². The van der Waals surface area contributed by atoms with Gasteiger partial charge in [0.25, 0.3) is 11.6 Å². The van der Waals surface area contributed by atoms with E-state index < -0.39 is 10.8 Å². The highest BCUT2D eigenvalue weighted by atomic mass is 35.5. The third kappa shape index (κ3) is 3.93. The van der Waals surface area contributed by atoms with E-state index in [1.54, 1.807) is 10.9 Å². The lowest BCUT2D eigenvalue weighted by Gasteiger charge is -2.06. The van der Waals surface area contributed by atoms with Gasteiger partial charge in [-0.15, -0.1) is 0 Å². The van der Waals surface area contributed by atoms with Crippen LogP contribution in [0.5, 0.6) is 0 Å². The number of amides is 1. The summed E-state index contributed by atoms with van der Waals surface area (Å²) in [6.45, 7) is 0.751. The second-order valence-corrected chi connectivity index (χ2v) is 4.94. The van der Waals surface area contributed by atoms with Crippen molar-refractivity contribution in [3.05, 3.63) is 56.3 Å². The van der Waals surface area contributed by atoms with Gasteiger partial charge < -0.3 is 5.32 Å². The molecule has 0 aliphatic rings. The van der Waals surface area contributed by atoms with Crippen molar-refractivity contribution in [2.45, 2.75) is 6.54 Å². The van der Waals surface area contributed by atoms with E-state index in [2.05, 4.69) is 10.4 Å². The van der Waals surface area contributed by atoms with Gasteiger partial charge in [0.1, 0.15) is 5.02 Å². The minimum Gasteiger partial charge on any atom is -0.350 e. The summed E-state index contributed by atoms with van der Waals surface area (Å²) in [5.74, 6) is -0.423. The average Bonchev–Trinajstić information content (AvgIpc) is 2.84. The molecule has 0 bridgehead atoms. The summed E-state index contributed by atoms with van der Waals surface area (Å²) in [6.07, 6.45) is 3.12. The summed E-state index contributed by atoms with van der Waals surface area (Å²) < 4.78 is 1.58. The second-order valence-electron chi connectivity index (χ2n) is 4.10. The lowest BCUT2D eigenvalue weighted by molar-refractivity contribution is -0.384. The first-order valence-corrected chi connectivity index (χ1v) is 6.63. The number of benzene rings is 1. The molecule has 1 aromatic carbocycles. The Hall–Kier alpha value is -2.12. The van der Waals surface area contributed by atoms with E-state index in [9.17, 15) is 14.9 Å². The van der Waals surface area contributed by atoms with Crippen LogP contribution in [-0.4, -0.2) is 27.2 Å². The molecule has 0 aliphatic heterocycles. The molecule has 21 heavy (non-hydrogen) atoms. The number of nitrogens with zero attached hydrogens (tertiary/aromatic N) is 3. The summed E-state index contributed by atoms with van der Waals surface area (Å²) in [7, 11) is 0. The number of aromatic nitrogens is 2. The molecule has 0 unspecified atom stereocenters. The van der Waals surface area contributed by atoms with Gasteiger partial charge in [0, 0.05) is 24.4 Å². The highest BCUT2D eigenvalue weighted by Gasteiger charge is 2.15. The Labute approximate surface area is 129 Å². The van der Waals surface area contributed by atoms with Crippen molar-refractivity contribution in [1.29, 1.82) is 0 Å². The van der Waals surface area contributed by atoms with Crippen LogP contribution in [0.15, 0.2) is 30.6 Å². The molecule has 1 aromatic heterocycles. The molecule has 0 fully saturated rings. The maximum atomic E-state index is 11.9. The molecule has 0 saturated carbocycles. The first-order valence-electron chi connectivity index (χ1n) is 5.87. The normalized spacial score (nSPS) is 10.4.